The summed E-state index contributed by atoms with van der Waals surface area (Å²) in [5.74, 6) is -2.03. The zero-order chi connectivity index (χ0) is 28.5. The van der Waals surface area contributed by atoms with Gasteiger partial charge in [0.25, 0.3) is 0 Å². The molecule has 2 N–H and O–H groups in total. The number of amides is 2. The highest BCUT2D eigenvalue weighted by atomic mass is 16.5. The lowest BCUT2D eigenvalue weighted by atomic mass is 10.1. The van der Waals surface area contributed by atoms with Gasteiger partial charge in [-0.1, -0.05) is 60.7 Å². The number of carbonyl (C=O) groups is 4. The third kappa shape index (κ3) is 7.67. The standard InChI is InChI=1S/C30H36N2O8/c33-25(17-27(35)31-15-7-13-23(31)29(37)39-19-21-9-3-1-4-10-21)26(34)18-28(36)32-16-8-14-24(32)30(38)40-20-22-11-5-2-6-12-22/h1-6,9-12,23-26,33-34H,7-8,13-20H2/t23-,24?,25+,26+/m1/s1. The van der Waals surface area contributed by atoms with Crippen molar-refractivity contribution >= 4 is 23.8 Å². The first-order valence-electron chi connectivity index (χ1n) is 13.7. The first-order chi connectivity index (χ1) is 19.3. The van der Waals surface area contributed by atoms with Crippen LogP contribution < -0.4 is 0 Å². The molecule has 10 nitrogen and oxygen atoms in total. The Morgan fingerprint density at radius 2 is 1.05 bits per heavy atom. The van der Waals surface area contributed by atoms with Gasteiger partial charge in [-0.15, -0.1) is 0 Å². The molecular weight excluding hydrogens is 516 g/mol. The Kier molecular flexibility index (Phi) is 10.3. The Balaban J connectivity index is 1.24. The molecular formula is C30H36N2O8. The van der Waals surface area contributed by atoms with Crippen molar-refractivity contribution < 1.29 is 38.9 Å². The molecule has 2 aromatic carbocycles. The molecule has 2 aliphatic rings. The van der Waals surface area contributed by atoms with Gasteiger partial charge < -0.3 is 29.5 Å². The van der Waals surface area contributed by atoms with E-state index < -0.39 is 60.9 Å². The number of aliphatic hydroxyl groups is 2. The predicted molar refractivity (Wildman–Crippen MR) is 143 cm³/mol. The van der Waals surface area contributed by atoms with Crippen LogP contribution in [0.3, 0.4) is 0 Å². The Hall–Kier alpha value is -3.76. The topological polar surface area (TPSA) is 134 Å². The fourth-order valence-corrected chi connectivity index (χ4v) is 5.13. The van der Waals surface area contributed by atoms with Gasteiger partial charge in [-0.3, -0.25) is 9.59 Å². The molecule has 4 atom stereocenters. The lowest BCUT2D eigenvalue weighted by Crippen LogP contribution is -2.45. The molecule has 10 heteroatoms. The van der Waals surface area contributed by atoms with E-state index in [0.717, 1.165) is 11.1 Å². The van der Waals surface area contributed by atoms with Crippen LogP contribution in [-0.4, -0.2) is 81.1 Å². The summed E-state index contributed by atoms with van der Waals surface area (Å²) < 4.78 is 10.8. The van der Waals surface area contributed by atoms with Gasteiger partial charge in [-0.2, -0.15) is 0 Å². The molecule has 2 fully saturated rings. The van der Waals surface area contributed by atoms with Gasteiger partial charge in [0, 0.05) is 13.1 Å². The minimum atomic E-state index is -1.51. The molecule has 0 radical (unpaired) electrons. The van der Waals surface area contributed by atoms with Crippen LogP contribution in [0, 0.1) is 0 Å². The van der Waals surface area contributed by atoms with Gasteiger partial charge in [-0.25, -0.2) is 9.59 Å². The van der Waals surface area contributed by atoms with Gasteiger partial charge in [-0.05, 0) is 36.8 Å². The van der Waals surface area contributed by atoms with Crippen LogP contribution in [0.15, 0.2) is 60.7 Å². The minimum absolute atomic E-state index is 0.0962. The first kappa shape index (κ1) is 29.2. The highest BCUT2D eigenvalue weighted by Gasteiger charge is 2.39. The molecule has 0 bridgehead atoms. The average Bonchev–Trinajstić information content (AvgIpc) is 3.66. The van der Waals surface area contributed by atoms with Gasteiger partial charge in [0.1, 0.15) is 25.3 Å². The SMILES string of the molecule is O=C(OCc1ccccc1)C1CCCN1C(=O)C[C@H](O)[C@@H](O)CC(=O)N1CCC[C@@H]1C(=O)OCc1ccccc1. The molecule has 1 unspecified atom stereocenters. The number of aliphatic hydroxyl groups excluding tert-OH is 2. The smallest absolute Gasteiger partial charge is 0.329 e. The molecule has 214 valence electrons. The van der Waals surface area contributed by atoms with Crippen molar-refractivity contribution in [2.24, 2.45) is 0 Å². The molecule has 0 spiro atoms. The molecule has 0 saturated carbocycles. The number of nitrogens with zero attached hydrogens (tertiary/aromatic N) is 2. The zero-order valence-corrected chi connectivity index (χ0v) is 22.4. The average molecular weight is 553 g/mol. The van der Waals surface area contributed by atoms with Crippen molar-refractivity contribution in [3.8, 4) is 0 Å². The number of rotatable bonds is 11. The van der Waals surface area contributed by atoms with Crippen molar-refractivity contribution in [2.75, 3.05) is 13.1 Å². The normalized spacial score (nSPS) is 20.1. The summed E-state index contributed by atoms with van der Waals surface area (Å²) in [4.78, 5) is 53.8. The number of hydrogen-bond acceptors (Lipinski definition) is 8. The number of hydrogen-bond donors (Lipinski definition) is 2. The summed E-state index contributed by atoms with van der Waals surface area (Å²) in [6.45, 7) is 0.871. The second-order valence-corrected chi connectivity index (χ2v) is 10.2. The van der Waals surface area contributed by atoms with Crippen molar-refractivity contribution in [1.82, 2.24) is 9.80 Å². The Morgan fingerprint density at radius 3 is 1.43 bits per heavy atom. The van der Waals surface area contributed by atoms with E-state index in [1.807, 2.05) is 60.7 Å². The van der Waals surface area contributed by atoms with Gasteiger partial charge in [0.15, 0.2) is 0 Å². The number of likely N-dealkylation sites (tertiary alicyclic amines) is 2. The molecule has 2 amide bonds. The number of benzene rings is 2. The van der Waals surface area contributed by atoms with Crippen LogP contribution in [0.4, 0.5) is 0 Å². The monoisotopic (exact) mass is 552 g/mol. The second kappa shape index (κ2) is 14.0. The number of carbonyl (C=O) groups excluding carboxylic acids is 4. The summed E-state index contributed by atoms with van der Waals surface area (Å²) in [6.07, 6.45) is -1.78. The Labute approximate surface area is 233 Å². The maximum absolute atomic E-state index is 12.9. The van der Waals surface area contributed by atoms with E-state index in [0.29, 0.717) is 38.8 Å². The van der Waals surface area contributed by atoms with Crippen LogP contribution >= 0.6 is 0 Å². The summed E-state index contributed by atoms with van der Waals surface area (Å²) >= 11 is 0. The highest BCUT2D eigenvalue weighted by Crippen LogP contribution is 2.23. The van der Waals surface area contributed by atoms with E-state index in [9.17, 15) is 29.4 Å². The number of ether oxygens (including phenoxy) is 2. The maximum atomic E-state index is 12.9. The van der Waals surface area contributed by atoms with E-state index in [1.54, 1.807) is 0 Å². The van der Waals surface area contributed by atoms with E-state index in [1.165, 1.54) is 9.80 Å². The van der Waals surface area contributed by atoms with Crippen molar-refractivity contribution in [3.63, 3.8) is 0 Å². The predicted octanol–water partition coefficient (Wildman–Crippen LogP) is 1.96. The van der Waals surface area contributed by atoms with Crippen molar-refractivity contribution in [2.45, 2.75) is 76.0 Å². The van der Waals surface area contributed by atoms with Crippen LogP contribution in [-0.2, 0) is 41.9 Å². The van der Waals surface area contributed by atoms with Crippen LogP contribution in [0.5, 0.6) is 0 Å². The summed E-state index contributed by atoms with van der Waals surface area (Å²) in [6, 6.07) is 16.9. The van der Waals surface area contributed by atoms with Gasteiger partial charge in [0.05, 0.1) is 25.0 Å². The molecule has 4 rings (SSSR count). The van der Waals surface area contributed by atoms with E-state index in [-0.39, 0.29) is 13.2 Å². The maximum Gasteiger partial charge on any atom is 0.329 e. The summed E-state index contributed by atoms with van der Waals surface area (Å²) in [5.41, 5.74) is 1.67. The second-order valence-electron chi connectivity index (χ2n) is 10.2. The highest BCUT2D eigenvalue weighted by molar-refractivity contribution is 5.86. The lowest BCUT2D eigenvalue weighted by molar-refractivity contribution is -0.156. The van der Waals surface area contributed by atoms with E-state index >= 15 is 0 Å². The molecule has 0 aromatic heterocycles. The molecule has 2 heterocycles. The molecule has 2 aromatic rings. The molecule has 2 saturated heterocycles. The quantitative estimate of drug-likeness (QED) is 0.404. The summed E-state index contributed by atoms with van der Waals surface area (Å²) in [5, 5.41) is 21.1. The largest absolute Gasteiger partial charge is 0.459 e. The lowest BCUT2D eigenvalue weighted by Gasteiger charge is -2.27. The Bertz CT molecular complexity index is 1070. The van der Waals surface area contributed by atoms with Crippen molar-refractivity contribution in [3.05, 3.63) is 71.8 Å². The van der Waals surface area contributed by atoms with Crippen molar-refractivity contribution in [1.29, 1.82) is 0 Å². The van der Waals surface area contributed by atoms with Crippen LogP contribution in [0.1, 0.15) is 49.7 Å². The van der Waals surface area contributed by atoms with Gasteiger partial charge >= 0.3 is 11.9 Å². The Morgan fingerprint density at radius 1 is 0.675 bits per heavy atom. The van der Waals surface area contributed by atoms with Gasteiger partial charge in [0.2, 0.25) is 11.8 Å². The molecule has 40 heavy (non-hydrogen) atoms. The zero-order valence-electron chi connectivity index (χ0n) is 22.4. The fourth-order valence-electron chi connectivity index (χ4n) is 5.13. The number of esters is 2. The third-order valence-electron chi connectivity index (χ3n) is 7.35. The van der Waals surface area contributed by atoms with Crippen LogP contribution in [0.25, 0.3) is 0 Å². The summed E-state index contributed by atoms with van der Waals surface area (Å²) in [7, 11) is 0. The minimum Gasteiger partial charge on any atom is -0.459 e. The van der Waals surface area contributed by atoms with Crippen LogP contribution in [0.2, 0.25) is 0 Å². The fraction of sp³-hybridized carbons (Fsp3) is 0.467. The third-order valence-corrected chi connectivity index (χ3v) is 7.35. The molecule has 2 aliphatic heterocycles. The van der Waals surface area contributed by atoms with E-state index in [2.05, 4.69) is 0 Å². The first-order valence-corrected chi connectivity index (χ1v) is 13.7. The molecule has 0 aliphatic carbocycles. The van der Waals surface area contributed by atoms with E-state index in [4.69, 9.17) is 9.47 Å².